The van der Waals surface area contributed by atoms with Crippen molar-refractivity contribution < 1.29 is 13.9 Å². The zero-order valence-electron chi connectivity index (χ0n) is 12.0. The number of hydrogen-bond acceptors (Lipinski definition) is 1. The van der Waals surface area contributed by atoms with E-state index >= 15 is 0 Å². The van der Waals surface area contributed by atoms with Gasteiger partial charge < -0.3 is 5.11 Å². The first-order valence-electron chi connectivity index (χ1n) is 6.75. The van der Waals surface area contributed by atoms with Crippen molar-refractivity contribution in [3.8, 4) is 0 Å². The van der Waals surface area contributed by atoms with E-state index in [9.17, 15) is 13.9 Å². The first-order valence-corrected chi connectivity index (χ1v) is 7.54. The van der Waals surface area contributed by atoms with Crippen molar-refractivity contribution >= 4 is 15.9 Å². The van der Waals surface area contributed by atoms with Gasteiger partial charge in [-0.15, -0.1) is 0 Å². The summed E-state index contributed by atoms with van der Waals surface area (Å²) < 4.78 is 27.8. The van der Waals surface area contributed by atoms with E-state index in [-0.39, 0.29) is 16.5 Å². The zero-order chi connectivity index (χ0) is 15.6. The van der Waals surface area contributed by atoms with E-state index in [1.54, 1.807) is 0 Å². The molecule has 0 fully saturated rings. The molecule has 1 unspecified atom stereocenters. The van der Waals surface area contributed by atoms with Crippen molar-refractivity contribution in [3.63, 3.8) is 0 Å². The summed E-state index contributed by atoms with van der Waals surface area (Å²) in [5.74, 6) is -1.27. The lowest BCUT2D eigenvalue weighted by Crippen LogP contribution is -2.17. The van der Waals surface area contributed by atoms with Crippen molar-refractivity contribution in [2.45, 2.75) is 32.8 Å². The molecule has 0 aliphatic rings. The van der Waals surface area contributed by atoms with Crippen LogP contribution in [-0.2, 0) is 12.8 Å². The maximum Gasteiger partial charge on any atom is 0.143 e. The quantitative estimate of drug-likeness (QED) is 0.802. The first kappa shape index (κ1) is 16.1. The zero-order valence-corrected chi connectivity index (χ0v) is 13.5. The molecule has 0 aliphatic carbocycles. The number of benzene rings is 2. The van der Waals surface area contributed by atoms with Crippen LogP contribution in [0.5, 0.6) is 0 Å². The molecule has 2 aromatic carbocycles. The van der Waals surface area contributed by atoms with E-state index in [0.717, 1.165) is 16.7 Å². The summed E-state index contributed by atoms with van der Waals surface area (Å²) in [7, 11) is 0. The van der Waals surface area contributed by atoms with E-state index in [2.05, 4.69) is 15.9 Å². The molecule has 2 aromatic rings. The predicted molar refractivity (Wildman–Crippen MR) is 83.4 cm³/mol. The Morgan fingerprint density at radius 2 is 1.81 bits per heavy atom. The largest absolute Gasteiger partial charge is 0.392 e. The van der Waals surface area contributed by atoms with Crippen LogP contribution in [0.1, 0.15) is 22.3 Å². The SMILES string of the molecule is Cc1ccc(C)c(CC(O)Cc2c(F)ccc(Br)c2F)c1. The van der Waals surface area contributed by atoms with Gasteiger partial charge in [-0.2, -0.15) is 0 Å². The Morgan fingerprint density at radius 1 is 1.10 bits per heavy atom. The van der Waals surface area contributed by atoms with Crippen molar-refractivity contribution in [2.75, 3.05) is 0 Å². The van der Waals surface area contributed by atoms with E-state index in [0.29, 0.717) is 6.42 Å². The molecule has 0 spiro atoms. The van der Waals surface area contributed by atoms with Crippen LogP contribution in [0.15, 0.2) is 34.8 Å². The number of aliphatic hydroxyl groups excluding tert-OH is 1. The average molecular weight is 355 g/mol. The highest BCUT2D eigenvalue weighted by Crippen LogP contribution is 2.24. The van der Waals surface area contributed by atoms with Crippen LogP contribution in [0.4, 0.5) is 8.78 Å². The highest BCUT2D eigenvalue weighted by atomic mass is 79.9. The molecule has 0 aromatic heterocycles. The van der Waals surface area contributed by atoms with E-state index in [1.165, 1.54) is 12.1 Å². The van der Waals surface area contributed by atoms with Crippen LogP contribution in [0.2, 0.25) is 0 Å². The van der Waals surface area contributed by atoms with Gasteiger partial charge in [0.25, 0.3) is 0 Å². The van der Waals surface area contributed by atoms with Crippen molar-refractivity contribution in [1.82, 2.24) is 0 Å². The second-order valence-electron chi connectivity index (χ2n) is 5.31. The van der Waals surface area contributed by atoms with Gasteiger partial charge in [-0.25, -0.2) is 8.78 Å². The molecule has 0 bridgehead atoms. The minimum absolute atomic E-state index is 0.0511. The molecule has 1 atom stereocenters. The van der Waals surface area contributed by atoms with Crippen LogP contribution in [0, 0.1) is 25.5 Å². The Morgan fingerprint density at radius 3 is 2.52 bits per heavy atom. The Kier molecular flexibility index (Phi) is 5.12. The molecule has 0 saturated carbocycles. The van der Waals surface area contributed by atoms with E-state index < -0.39 is 17.7 Å². The molecule has 0 saturated heterocycles. The van der Waals surface area contributed by atoms with Crippen LogP contribution < -0.4 is 0 Å². The van der Waals surface area contributed by atoms with E-state index in [1.807, 2.05) is 32.0 Å². The lowest BCUT2D eigenvalue weighted by molar-refractivity contribution is 0.172. The fraction of sp³-hybridized carbons (Fsp3) is 0.294. The van der Waals surface area contributed by atoms with Gasteiger partial charge in [-0.1, -0.05) is 23.8 Å². The predicted octanol–water partition coefficient (Wildman–Crippen LogP) is 4.49. The molecule has 21 heavy (non-hydrogen) atoms. The third-order valence-electron chi connectivity index (χ3n) is 3.54. The molecule has 2 rings (SSSR count). The third kappa shape index (κ3) is 3.89. The van der Waals surface area contributed by atoms with Gasteiger partial charge in [0.2, 0.25) is 0 Å². The molecule has 112 valence electrons. The Hall–Kier alpha value is -1.26. The summed E-state index contributed by atoms with van der Waals surface area (Å²) in [5.41, 5.74) is 3.08. The average Bonchev–Trinajstić information content (AvgIpc) is 2.43. The standard InChI is InChI=1S/C17H17BrF2O/c1-10-3-4-11(2)12(7-10)8-13(21)9-14-16(19)6-5-15(18)17(14)20/h3-7,13,21H,8-9H2,1-2H3. The maximum absolute atomic E-state index is 13.9. The molecular formula is C17H17BrF2O. The molecule has 0 radical (unpaired) electrons. The molecule has 0 aliphatic heterocycles. The summed E-state index contributed by atoms with van der Waals surface area (Å²) in [6.07, 6.45) is -0.507. The molecule has 0 amide bonds. The number of hydrogen-bond donors (Lipinski definition) is 1. The minimum Gasteiger partial charge on any atom is -0.392 e. The lowest BCUT2D eigenvalue weighted by atomic mass is 9.96. The Labute approximate surface area is 131 Å². The van der Waals surface area contributed by atoms with Crippen molar-refractivity contribution in [1.29, 1.82) is 0 Å². The van der Waals surface area contributed by atoms with Gasteiger partial charge in [-0.3, -0.25) is 0 Å². The van der Waals surface area contributed by atoms with E-state index in [4.69, 9.17) is 0 Å². The van der Waals surface area contributed by atoms with Gasteiger partial charge in [0.05, 0.1) is 10.6 Å². The summed E-state index contributed by atoms with van der Waals surface area (Å²) in [4.78, 5) is 0. The number of halogens is 3. The van der Waals surface area contributed by atoms with Crippen LogP contribution in [-0.4, -0.2) is 11.2 Å². The number of aryl methyl sites for hydroxylation is 2. The minimum atomic E-state index is -0.830. The summed E-state index contributed by atoms with van der Waals surface area (Å²) in [5, 5.41) is 10.2. The normalized spacial score (nSPS) is 12.5. The van der Waals surface area contributed by atoms with Crippen LogP contribution in [0.25, 0.3) is 0 Å². The second-order valence-corrected chi connectivity index (χ2v) is 6.17. The van der Waals surface area contributed by atoms with Crippen LogP contribution >= 0.6 is 15.9 Å². The van der Waals surface area contributed by atoms with Gasteiger partial charge in [0.15, 0.2) is 0 Å². The van der Waals surface area contributed by atoms with Gasteiger partial charge >= 0.3 is 0 Å². The van der Waals surface area contributed by atoms with Crippen molar-refractivity contribution in [3.05, 3.63) is 68.7 Å². The van der Waals surface area contributed by atoms with Gasteiger partial charge in [0.1, 0.15) is 11.6 Å². The third-order valence-corrected chi connectivity index (χ3v) is 4.15. The van der Waals surface area contributed by atoms with Gasteiger partial charge in [0, 0.05) is 12.0 Å². The molecule has 4 heteroatoms. The summed E-state index contributed by atoms with van der Waals surface area (Å²) >= 11 is 3.03. The number of aliphatic hydroxyl groups is 1. The monoisotopic (exact) mass is 354 g/mol. The molecule has 0 heterocycles. The van der Waals surface area contributed by atoms with Crippen molar-refractivity contribution in [2.24, 2.45) is 0 Å². The van der Waals surface area contributed by atoms with Crippen LogP contribution in [0.3, 0.4) is 0 Å². The van der Waals surface area contributed by atoms with Gasteiger partial charge in [-0.05, 0) is 59.5 Å². The molecular weight excluding hydrogens is 338 g/mol. The Bertz CT molecular complexity index is 655. The summed E-state index contributed by atoms with van der Waals surface area (Å²) in [6, 6.07) is 8.50. The molecule has 1 nitrogen and oxygen atoms in total. The number of rotatable bonds is 4. The lowest BCUT2D eigenvalue weighted by Gasteiger charge is -2.14. The fourth-order valence-corrected chi connectivity index (χ4v) is 2.71. The maximum atomic E-state index is 13.9. The first-order chi connectivity index (χ1) is 9.88. The smallest absolute Gasteiger partial charge is 0.143 e. The Balaban J connectivity index is 2.17. The fourth-order valence-electron chi connectivity index (χ4n) is 2.34. The molecule has 1 N–H and O–H groups in total. The second kappa shape index (κ2) is 6.67. The highest BCUT2D eigenvalue weighted by molar-refractivity contribution is 9.10. The summed E-state index contributed by atoms with van der Waals surface area (Å²) in [6.45, 7) is 3.94. The highest BCUT2D eigenvalue weighted by Gasteiger charge is 2.17. The topological polar surface area (TPSA) is 20.2 Å².